The zero-order valence-electron chi connectivity index (χ0n) is 15.3. The van der Waals surface area contributed by atoms with Crippen LogP contribution in [0.3, 0.4) is 0 Å². The lowest BCUT2D eigenvalue weighted by atomic mass is 9.92. The van der Waals surface area contributed by atoms with Crippen molar-refractivity contribution in [2.24, 2.45) is 5.41 Å². The Morgan fingerprint density at radius 1 is 1.25 bits per heavy atom. The van der Waals surface area contributed by atoms with Crippen LogP contribution in [0.2, 0.25) is 0 Å². The number of rotatable bonds is 7. The second kappa shape index (κ2) is 7.51. The van der Waals surface area contributed by atoms with Crippen LogP contribution in [0.4, 0.5) is 11.5 Å². The molecule has 1 aromatic heterocycles. The van der Waals surface area contributed by atoms with Crippen LogP contribution >= 0.6 is 0 Å². The summed E-state index contributed by atoms with van der Waals surface area (Å²) in [7, 11) is 1.85. The van der Waals surface area contributed by atoms with Crippen molar-refractivity contribution < 1.29 is 4.79 Å². The lowest BCUT2D eigenvalue weighted by Crippen LogP contribution is -2.27. The number of aryl methyl sites for hydroxylation is 1. The summed E-state index contributed by atoms with van der Waals surface area (Å²) in [6, 6.07) is 8.31. The highest BCUT2D eigenvalue weighted by Crippen LogP contribution is 2.27. The summed E-state index contributed by atoms with van der Waals surface area (Å²) in [6.07, 6.45) is 4.70. The van der Waals surface area contributed by atoms with Gasteiger partial charge >= 0.3 is 0 Å². The van der Waals surface area contributed by atoms with Gasteiger partial charge in [0.05, 0.1) is 17.6 Å². The molecule has 5 nitrogen and oxygen atoms in total. The number of carbonyl (C=O) groups is 1. The molecule has 5 heteroatoms. The Labute approximate surface area is 144 Å². The molecule has 0 aliphatic heterocycles. The number of hydrogen-bond donors (Lipinski definition) is 1. The topological polar surface area (TPSA) is 50.2 Å². The standard InChI is InChI=1S/C19H28N4O/c1-6-15-7-9-16(10-8-15)23-13-17(20-5)18(21-23)22(14-24)12-11-19(2,3)4/h7-10,13-14,20H,6,11-12H2,1-5H3. The van der Waals surface area contributed by atoms with Crippen LogP contribution in [0.1, 0.15) is 39.7 Å². The Hall–Kier alpha value is -2.30. The fraction of sp³-hybridized carbons (Fsp3) is 0.474. The Morgan fingerprint density at radius 3 is 2.42 bits per heavy atom. The van der Waals surface area contributed by atoms with E-state index >= 15 is 0 Å². The van der Waals surface area contributed by atoms with Gasteiger partial charge in [-0.3, -0.25) is 9.69 Å². The molecule has 0 saturated heterocycles. The van der Waals surface area contributed by atoms with Gasteiger partial charge in [0.1, 0.15) is 0 Å². The molecule has 0 unspecified atom stereocenters. The molecule has 0 atom stereocenters. The van der Waals surface area contributed by atoms with E-state index in [0.29, 0.717) is 12.4 Å². The van der Waals surface area contributed by atoms with E-state index in [1.54, 1.807) is 4.90 Å². The average molecular weight is 328 g/mol. The minimum Gasteiger partial charge on any atom is -0.384 e. The van der Waals surface area contributed by atoms with E-state index in [-0.39, 0.29) is 5.41 Å². The van der Waals surface area contributed by atoms with Crippen molar-refractivity contribution in [2.45, 2.75) is 40.5 Å². The van der Waals surface area contributed by atoms with Crippen LogP contribution in [-0.2, 0) is 11.2 Å². The van der Waals surface area contributed by atoms with Gasteiger partial charge in [-0.2, -0.15) is 0 Å². The number of hydrogen-bond acceptors (Lipinski definition) is 3. The second-order valence-corrected chi connectivity index (χ2v) is 7.19. The third-order valence-electron chi connectivity index (χ3n) is 4.08. The lowest BCUT2D eigenvalue weighted by Gasteiger charge is -2.23. The minimum atomic E-state index is 0.166. The zero-order valence-corrected chi connectivity index (χ0v) is 15.3. The molecule has 0 fully saturated rings. The van der Waals surface area contributed by atoms with E-state index in [1.165, 1.54) is 5.56 Å². The number of nitrogens with one attached hydrogen (secondary N) is 1. The number of amides is 1. The summed E-state index contributed by atoms with van der Waals surface area (Å²) in [4.78, 5) is 13.2. The third-order valence-corrected chi connectivity index (χ3v) is 4.08. The summed E-state index contributed by atoms with van der Waals surface area (Å²) in [5.74, 6) is 0.663. The first-order chi connectivity index (χ1) is 11.4. The van der Waals surface area contributed by atoms with Gasteiger partial charge in [-0.15, -0.1) is 5.10 Å². The van der Waals surface area contributed by atoms with Crippen molar-refractivity contribution in [3.63, 3.8) is 0 Å². The highest BCUT2D eigenvalue weighted by atomic mass is 16.1. The molecule has 24 heavy (non-hydrogen) atoms. The van der Waals surface area contributed by atoms with E-state index < -0.39 is 0 Å². The van der Waals surface area contributed by atoms with Crippen molar-refractivity contribution in [3.8, 4) is 5.69 Å². The normalized spacial score (nSPS) is 11.4. The lowest BCUT2D eigenvalue weighted by molar-refractivity contribution is -0.107. The molecule has 2 aromatic rings. The summed E-state index contributed by atoms with van der Waals surface area (Å²) >= 11 is 0. The fourth-order valence-electron chi connectivity index (χ4n) is 2.43. The quantitative estimate of drug-likeness (QED) is 0.785. The maximum atomic E-state index is 11.6. The first-order valence-corrected chi connectivity index (χ1v) is 8.46. The van der Waals surface area contributed by atoms with Crippen molar-refractivity contribution in [1.29, 1.82) is 0 Å². The van der Waals surface area contributed by atoms with Gasteiger partial charge in [-0.25, -0.2) is 4.68 Å². The minimum absolute atomic E-state index is 0.166. The number of nitrogens with zero attached hydrogens (tertiary/aromatic N) is 3. The molecule has 0 spiro atoms. The Bertz CT molecular complexity index is 668. The van der Waals surface area contributed by atoms with Crippen LogP contribution < -0.4 is 10.2 Å². The maximum Gasteiger partial charge on any atom is 0.215 e. The van der Waals surface area contributed by atoms with Gasteiger partial charge in [-0.05, 0) is 36.0 Å². The number of anilines is 2. The monoisotopic (exact) mass is 328 g/mol. The van der Waals surface area contributed by atoms with Crippen molar-refractivity contribution >= 4 is 17.9 Å². The molecule has 0 bridgehead atoms. The SMILES string of the molecule is CCc1ccc(-n2cc(NC)c(N(C=O)CCC(C)(C)C)n2)cc1. The van der Waals surface area contributed by atoms with E-state index in [2.05, 4.69) is 62.4 Å². The average Bonchev–Trinajstić information content (AvgIpc) is 2.99. The van der Waals surface area contributed by atoms with Crippen molar-refractivity contribution in [2.75, 3.05) is 23.8 Å². The van der Waals surface area contributed by atoms with E-state index in [1.807, 2.05) is 17.9 Å². The molecule has 0 aliphatic rings. The van der Waals surface area contributed by atoms with Crippen LogP contribution in [-0.4, -0.2) is 29.8 Å². The smallest absolute Gasteiger partial charge is 0.215 e. The summed E-state index contributed by atoms with van der Waals surface area (Å²) < 4.78 is 1.81. The molecule has 0 aliphatic carbocycles. The van der Waals surface area contributed by atoms with E-state index in [9.17, 15) is 4.79 Å². The summed E-state index contributed by atoms with van der Waals surface area (Å²) in [5.41, 5.74) is 3.28. The summed E-state index contributed by atoms with van der Waals surface area (Å²) in [6.45, 7) is 9.29. The van der Waals surface area contributed by atoms with Crippen LogP contribution in [0.25, 0.3) is 5.69 Å². The summed E-state index contributed by atoms with van der Waals surface area (Å²) in [5, 5.41) is 7.76. The molecule has 0 radical (unpaired) electrons. The number of carbonyl (C=O) groups excluding carboxylic acids is 1. The molecular weight excluding hydrogens is 300 g/mol. The van der Waals surface area contributed by atoms with Crippen LogP contribution in [0.15, 0.2) is 30.5 Å². The predicted octanol–water partition coefficient (Wildman–Crippen LogP) is 3.88. The van der Waals surface area contributed by atoms with E-state index in [4.69, 9.17) is 0 Å². The highest BCUT2D eigenvalue weighted by molar-refractivity contribution is 5.80. The van der Waals surface area contributed by atoms with E-state index in [0.717, 1.165) is 30.6 Å². The van der Waals surface area contributed by atoms with Gasteiger partial charge in [0.25, 0.3) is 0 Å². The van der Waals surface area contributed by atoms with Gasteiger partial charge in [0.15, 0.2) is 5.82 Å². The Kier molecular flexibility index (Phi) is 5.65. The fourth-order valence-corrected chi connectivity index (χ4v) is 2.43. The Balaban J connectivity index is 2.29. The molecule has 1 heterocycles. The van der Waals surface area contributed by atoms with Gasteiger partial charge < -0.3 is 5.32 Å². The van der Waals surface area contributed by atoms with Crippen LogP contribution in [0.5, 0.6) is 0 Å². The van der Waals surface area contributed by atoms with Gasteiger partial charge in [0.2, 0.25) is 6.41 Å². The highest BCUT2D eigenvalue weighted by Gasteiger charge is 2.19. The molecule has 2 rings (SSSR count). The van der Waals surface area contributed by atoms with Crippen molar-refractivity contribution in [1.82, 2.24) is 9.78 Å². The molecule has 130 valence electrons. The molecule has 1 amide bonds. The number of aromatic nitrogens is 2. The molecule has 0 saturated carbocycles. The zero-order chi connectivity index (χ0) is 17.7. The first-order valence-electron chi connectivity index (χ1n) is 8.46. The van der Waals surface area contributed by atoms with Crippen molar-refractivity contribution in [3.05, 3.63) is 36.0 Å². The van der Waals surface area contributed by atoms with Gasteiger partial charge in [-0.1, -0.05) is 39.8 Å². The number of benzene rings is 1. The first kappa shape index (κ1) is 18.0. The maximum absolute atomic E-state index is 11.6. The third kappa shape index (κ3) is 4.37. The van der Waals surface area contributed by atoms with Gasteiger partial charge in [0, 0.05) is 13.6 Å². The molecule has 1 N–H and O–H groups in total. The molecular formula is C19H28N4O. The Morgan fingerprint density at radius 2 is 1.92 bits per heavy atom. The van der Waals surface area contributed by atoms with Crippen LogP contribution in [0, 0.1) is 5.41 Å². The predicted molar refractivity (Wildman–Crippen MR) is 100.0 cm³/mol. The second-order valence-electron chi connectivity index (χ2n) is 7.19. The molecule has 1 aromatic carbocycles. The largest absolute Gasteiger partial charge is 0.384 e.